The van der Waals surface area contributed by atoms with Crippen LogP contribution in [0.5, 0.6) is 0 Å². The monoisotopic (exact) mass is 774 g/mol. The van der Waals surface area contributed by atoms with Crippen LogP contribution in [0, 0.1) is 0 Å². The van der Waals surface area contributed by atoms with Crippen LogP contribution in [0.2, 0.25) is 0 Å². The number of carbonyl (C=O) groups is 3. The van der Waals surface area contributed by atoms with Crippen LogP contribution in [-0.2, 0) is 37.5 Å². The fourth-order valence-corrected chi connectivity index (χ4v) is 6.40. The third kappa shape index (κ3) is 36.7. The van der Waals surface area contributed by atoms with Crippen LogP contribution < -0.4 is 5.73 Å². The number of allylic oxidation sites excluding steroid dienone is 4. The van der Waals surface area contributed by atoms with Crippen molar-refractivity contribution in [2.24, 2.45) is 5.73 Å². The Bertz CT molecular complexity index is 1010. The molecule has 0 heterocycles. The van der Waals surface area contributed by atoms with Crippen molar-refractivity contribution in [2.75, 3.05) is 19.8 Å². The zero-order valence-corrected chi connectivity index (χ0v) is 34.3. The molecule has 12 heteroatoms. The molecule has 0 saturated heterocycles. The van der Waals surface area contributed by atoms with Gasteiger partial charge < -0.3 is 25.2 Å². The molecule has 0 fully saturated rings. The number of ether oxygens (including phenoxy) is 2. The highest BCUT2D eigenvalue weighted by Gasteiger charge is 2.28. The molecule has 3 unspecified atom stereocenters. The molecular formula is C41H76NO10P. The first kappa shape index (κ1) is 51.0. The van der Waals surface area contributed by atoms with E-state index in [1.807, 2.05) is 0 Å². The number of hydrogen-bond acceptors (Lipinski definition) is 9. The molecule has 3 atom stereocenters. The highest BCUT2D eigenvalue weighted by Crippen LogP contribution is 2.43. The fourth-order valence-electron chi connectivity index (χ4n) is 5.62. The van der Waals surface area contributed by atoms with Crippen LogP contribution in [0.25, 0.3) is 0 Å². The van der Waals surface area contributed by atoms with Gasteiger partial charge in [-0.05, 0) is 44.9 Å². The summed E-state index contributed by atoms with van der Waals surface area (Å²) in [5.41, 5.74) is 5.32. The van der Waals surface area contributed by atoms with Crippen LogP contribution in [0.4, 0.5) is 0 Å². The number of aliphatic carboxylic acids is 1. The molecule has 0 aromatic carbocycles. The second-order valence-corrected chi connectivity index (χ2v) is 15.6. The summed E-state index contributed by atoms with van der Waals surface area (Å²) < 4.78 is 32.6. The van der Waals surface area contributed by atoms with Crippen molar-refractivity contribution in [3.63, 3.8) is 0 Å². The minimum absolute atomic E-state index is 0.148. The number of esters is 2. The Morgan fingerprint density at radius 2 is 1.00 bits per heavy atom. The summed E-state index contributed by atoms with van der Waals surface area (Å²) in [6, 6.07) is -1.52. The molecule has 11 nitrogen and oxygen atoms in total. The van der Waals surface area contributed by atoms with E-state index in [0.717, 1.165) is 64.2 Å². The summed E-state index contributed by atoms with van der Waals surface area (Å²) in [7, 11) is -4.71. The molecule has 0 radical (unpaired) electrons. The van der Waals surface area contributed by atoms with Crippen molar-refractivity contribution in [1.29, 1.82) is 0 Å². The lowest BCUT2D eigenvalue weighted by atomic mass is 10.0. The zero-order chi connectivity index (χ0) is 39.3. The van der Waals surface area contributed by atoms with Crippen molar-refractivity contribution in [2.45, 2.75) is 199 Å². The maximum Gasteiger partial charge on any atom is 0.472 e. The second-order valence-electron chi connectivity index (χ2n) is 14.1. The SMILES string of the molecule is CCCCCC/C=C\C/C=C\CCCCCCCC(=O)OC(COC(=O)CCCCCCCCCCCCCCC)COP(=O)(O)OCC(N)C(=O)O. The molecule has 0 aliphatic heterocycles. The predicted molar refractivity (Wildman–Crippen MR) is 212 cm³/mol. The van der Waals surface area contributed by atoms with Crippen molar-refractivity contribution >= 4 is 25.7 Å². The van der Waals surface area contributed by atoms with Gasteiger partial charge in [-0.15, -0.1) is 0 Å². The second kappa shape index (κ2) is 36.9. The molecule has 53 heavy (non-hydrogen) atoms. The Balaban J connectivity index is 4.41. The molecule has 0 bridgehead atoms. The van der Waals surface area contributed by atoms with Gasteiger partial charge in [0.1, 0.15) is 12.6 Å². The quantitative estimate of drug-likeness (QED) is 0.0235. The first-order chi connectivity index (χ1) is 25.6. The molecule has 0 amide bonds. The van der Waals surface area contributed by atoms with Crippen LogP contribution in [0.1, 0.15) is 187 Å². The van der Waals surface area contributed by atoms with Crippen LogP contribution >= 0.6 is 7.82 Å². The molecule has 0 aromatic rings. The number of hydrogen-bond donors (Lipinski definition) is 3. The summed E-state index contributed by atoms with van der Waals surface area (Å²) in [6.45, 7) is 2.77. The highest BCUT2D eigenvalue weighted by atomic mass is 31.2. The topological polar surface area (TPSA) is 172 Å². The molecule has 0 saturated carbocycles. The van der Waals surface area contributed by atoms with Gasteiger partial charge in [-0.3, -0.25) is 23.4 Å². The molecule has 0 rings (SSSR count). The third-order valence-electron chi connectivity index (χ3n) is 8.95. The first-order valence-electron chi connectivity index (χ1n) is 20.9. The summed E-state index contributed by atoms with van der Waals surface area (Å²) in [6.07, 6.45) is 36.7. The van der Waals surface area contributed by atoms with E-state index >= 15 is 0 Å². The lowest BCUT2D eigenvalue weighted by Crippen LogP contribution is -2.34. The maximum atomic E-state index is 12.6. The van der Waals surface area contributed by atoms with E-state index in [1.54, 1.807) is 0 Å². The Hall–Kier alpha value is -2.04. The van der Waals surface area contributed by atoms with Crippen molar-refractivity contribution in [3.05, 3.63) is 24.3 Å². The molecule has 0 aliphatic carbocycles. The summed E-state index contributed by atoms with van der Waals surface area (Å²) in [4.78, 5) is 45.8. The largest absolute Gasteiger partial charge is 0.480 e. The Morgan fingerprint density at radius 1 is 0.585 bits per heavy atom. The van der Waals surface area contributed by atoms with Gasteiger partial charge in [-0.1, -0.05) is 154 Å². The average Bonchev–Trinajstić information content (AvgIpc) is 3.13. The van der Waals surface area contributed by atoms with E-state index in [0.29, 0.717) is 12.8 Å². The van der Waals surface area contributed by atoms with Crippen molar-refractivity contribution < 1.29 is 47.5 Å². The summed E-state index contributed by atoms with van der Waals surface area (Å²) in [5, 5.41) is 8.87. The van der Waals surface area contributed by atoms with Gasteiger partial charge in [0.25, 0.3) is 0 Å². The Labute approximate surface area is 321 Å². The lowest BCUT2D eigenvalue weighted by molar-refractivity contribution is -0.161. The van der Waals surface area contributed by atoms with Gasteiger partial charge >= 0.3 is 25.7 Å². The number of carboxylic acid groups (broad SMARTS) is 1. The maximum absolute atomic E-state index is 12.6. The molecule has 0 aliphatic rings. The van der Waals surface area contributed by atoms with E-state index in [1.165, 1.54) is 83.5 Å². The van der Waals surface area contributed by atoms with Gasteiger partial charge in [0.15, 0.2) is 6.10 Å². The standard InChI is InChI=1S/C41H76NO10P/c1-3-5-7-9-11-13-15-17-18-19-21-23-25-27-29-31-33-40(44)52-37(35-50-53(47,48)51-36-38(42)41(45)46)34-49-39(43)32-30-28-26-24-22-20-16-14-12-10-8-6-4-2/h13,15,18-19,37-38H,3-12,14,16-17,20-36,42H2,1-2H3,(H,45,46)(H,47,48)/b15-13-,19-18-. The van der Waals surface area contributed by atoms with E-state index in [-0.39, 0.29) is 19.4 Å². The van der Waals surface area contributed by atoms with E-state index in [2.05, 4.69) is 42.7 Å². The summed E-state index contributed by atoms with van der Waals surface area (Å²) in [5.74, 6) is -2.39. The number of phosphoric ester groups is 1. The zero-order valence-electron chi connectivity index (χ0n) is 33.4. The van der Waals surface area contributed by atoms with Crippen LogP contribution in [-0.4, -0.2) is 59.9 Å². The van der Waals surface area contributed by atoms with Gasteiger partial charge in [0.05, 0.1) is 13.2 Å². The molecule has 0 spiro atoms. The number of unbranched alkanes of at least 4 members (excludes halogenated alkanes) is 21. The molecular weight excluding hydrogens is 697 g/mol. The normalized spacial score (nSPS) is 14.0. The predicted octanol–water partition coefficient (Wildman–Crippen LogP) is 10.7. The van der Waals surface area contributed by atoms with Gasteiger partial charge in [0.2, 0.25) is 0 Å². The van der Waals surface area contributed by atoms with Gasteiger partial charge in [-0.2, -0.15) is 0 Å². The van der Waals surface area contributed by atoms with Crippen LogP contribution in [0.3, 0.4) is 0 Å². The van der Waals surface area contributed by atoms with E-state index in [4.69, 9.17) is 24.8 Å². The molecule has 0 aromatic heterocycles. The minimum atomic E-state index is -4.71. The smallest absolute Gasteiger partial charge is 0.472 e. The number of nitrogens with two attached hydrogens (primary N) is 1. The number of rotatable bonds is 39. The Morgan fingerprint density at radius 3 is 1.49 bits per heavy atom. The number of phosphoric acid groups is 1. The van der Waals surface area contributed by atoms with Crippen molar-refractivity contribution in [1.82, 2.24) is 0 Å². The van der Waals surface area contributed by atoms with E-state index in [9.17, 15) is 23.8 Å². The Kier molecular flexibility index (Phi) is 35.5. The first-order valence-corrected chi connectivity index (χ1v) is 22.4. The number of carboxylic acids is 1. The van der Waals surface area contributed by atoms with Gasteiger partial charge in [0, 0.05) is 12.8 Å². The molecule has 310 valence electrons. The van der Waals surface area contributed by atoms with Gasteiger partial charge in [-0.25, -0.2) is 4.57 Å². The van der Waals surface area contributed by atoms with E-state index < -0.39 is 51.1 Å². The van der Waals surface area contributed by atoms with Crippen molar-refractivity contribution in [3.8, 4) is 0 Å². The van der Waals surface area contributed by atoms with Crippen LogP contribution in [0.15, 0.2) is 24.3 Å². The third-order valence-corrected chi connectivity index (χ3v) is 9.90. The number of carbonyl (C=O) groups excluding carboxylic acids is 2. The highest BCUT2D eigenvalue weighted by molar-refractivity contribution is 7.47. The molecule has 4 N–H and O–H groups in total. The lowest BCUT2D eigenvalue weighted by Gasteiger charge is -2.20. The fraction of sp³-hybridized carbons (Fsp3) is 0.829. The minimum Gasteiger partial charge on any atom is -0.480 e. The average molecular weight is 774 g/mol. The summed E-state index contributed by atoms with van der Waals surface area (Å²) >= 11 is 0.